The molecule has 0 aromatic carbocycles. The van der Waals surface area contributed by atoms with E-state index in [1.807, 2.05) is 0 Å². The predicted molar refractivity (Wildman–Crippen MR) is 46.5 cm³/mol. The lowest BCUT2D eigenvalue weighted by Crippen LogP contribution is -2.47. The number of nitrogens with one attached hydrogen (secondary N) is 2. The quantitative estimate of drug-likeness (QED) is 0.476. The number of nitrogens with zero attached hydrogens (tertiary/aromatic N) is 1. The number of fused-ring (bicyclic) bond motifs is 1. The summed E-state index contributed by atoms with van der Waals surface area (Å²) in [5.41, 5.74) is 0. The maximum atomic E-state index is 8.83. The summed E-state index contributed by atoms with van der Waals surface area (Å²) >= 11 is 0. The fraction of sp³-hybridized carbons (Fsp3) is 0.875. The van der Waals surface area contributed by atoms with Gasteiger partial charge in [0.1, 0.15) is 0 Å². The van der Waals surface area contributed by atoms with Crippen LogP contribution in [0.15, 0.2) is 0 Å². The lowest BCUT2D eigenvalue weighted by molar-refractivity contribution is 0.280. The van der Waals surface area contributed by atoms with Crippen LogP contribution < -0.4 is 10.6 Å². The standard InChI is InChI=1S/C8H12BN3/c9-6-1-7-5(2-10)3-11-8(7)12-4-6/h5-8,11-12H,1,3-4H2. The highest BCUT2D eigenvalue weighted by Gasteiger charge is 2.38. The number of hydrogen-bond donors (Lipinski definition) is 2. The summed E-state index contributed by atoms with van der Waals surface area (Å²) in [5.74, 6) is 0.787. The second-order valence-electron chi connectivity index (χ2n) is 3.69. The van der Waals surface area contributed by atoms with E-state index < -0.39 is 0 Å². The third-order valence-corrected chi connectivity index (χ3v) is 2.84. The molecule has 2 rings (SSSR count). The Morgan fingerprint density at radius 3 is 2.83 bits per heavy atom. The van der Waals surface area contributed by atoms with Crippen LogP contribution in [0.4, 0.5) is 0 Å². The summed E-state index contributed by atoms with van der Waals surface area (Å²) in [6.45, 7) is 1.68. The molecule has 4 heteroatoms. The Morgan fingerprint density at radius 1 is 1.33 bits per heavy atom. The van der Waals surface area contributed by atoms with Crippen molar-refractivity contribution in [1.29, 1.82) is 5.26 Å². The molecule has 0 aromatic heterocycles. The monoisotopic (exact) mass is 161 g/mol. The molecule has 62 valence electrons. The third-order valence-electron chi connectivity index (χ3n) is 2.84. The van der Waals surface area contributed by atoms with E-state index in [9.17, 15) is 0 Å². The molecule has 2 heterocycles. The molecule has 2 N–H and O–H groups in total. The fourth-order valence-electron chi connectivity index (χ4n) is 2.17. The van der Waals surface area contributed by atoms with Gasteiger partial charge in [0, 0.05) is 12.5 Å². The minimum absolute atomic E-state index is 0.147. The van der Waals surface area contributed by atoms with E-state index in [4.69, 9.17) is 13.1 Å². The van der Waals surface area contributed by atoms with Crippen molar-refractivity contribution < 1.29 is 0 Å². The molecular formula is C8H12BN3. The summed E-state index contributed by atoms with van der Waals surface area (Å²) in [6, 6.07) is 2.33. The molecule has 4 atom stereocenters. The Bertz CT molecular complexity index is 213. The van der Waals surface area contributed by atoms with Crippen molar-refractivity contribution in [3.05, 3.63) is 0 Å². The van der Waals surface area contributed by atoms with Crippen LogP contribution in [0.25, 0.3) is 0 Å². The molecule has 2 aliphatic rings. The van der Waals surface area contributed by atoms with E-state index in [0.717, 1.165) is 19.5 Å². The lowest BCUT2D eigenvalue weighted by Gasteiger charge is -2.32. The molecule has 0 spiro atoms. The second kappa shape index (κ2) is 3.08. The van der Waals surface area contributed by atoms with E-state index >= 15 is 0 Å². The highest BCUT2D eigenvalue weighted by atomic mass is 15.2. The Labute approximate surface area is 73.9 Å². The average molecular weight is 161 g/mol. The summed E-state index contributed by atoms with van der Waals surface area (Å²) in [5, 5.41) is 15.4. The average Bonchev–Trinajstić information content (AvgIpc) is 2.46. The molecule has 2 aliphatic heterocycles. The SMILES string of the molecule is [B]C1CNC2NCC(C#N)C2C1. The van der Waals surface area contributed by atoms with E-state index in [1.54, 1.807) is 0 Å². The Balaban J connectivity index is 2.06. The third kappa shape index (κ3) is 1.23. The first kappa shape index (κ1) is 8.09. The van der Waals surface area contributed by atoms with E-state index in [1.165, 1.54) is 0 Å². The van der Waals surface area contributed by atoms with Crippen LogP contribution in [-0.2, 0) is 0 Å². The van der Waals surface area contributed by atoms with Crippen LogP contribution >= 0.6 is 0 Å². The van der Waals surface area contributed by atoms with Gasteiger partial charge in [-0.15, -0.1) is 0 Å². The van der Waals surface area contributed by atoms with Crippen molar-refractivity contribution in [2.45, 2.75) is 18.4 Å². The van der Waals surface area contributed by atoms with Crippen LogP contribution in [0, 0.1) is 23.2 Å². The first-order chi connectivity index (χ1) is 5.81. The minimum atomic E-state index is 0.147. The van der Waals surface area contributed by atoms with Crippen LogP contribution in [0.2, 0.25) is 5.82 Å². The Kier molecular flexibility index (Phi) is 2.08. The van der Waals surface area contributed by atoms with Crippen LogP contribution in [0.5, 0.6) is 0 Å². The van der Waals surface area contributed by atoms with E-state index in [2.05, 4.69) is 16.7 Å². The van der Waals surface area contributed by atoms with Gasteiger partial charge in [0.2, 0.25) is 0 Å². The van der Waals surface area contributed by atoms with Gasteiger partial charge in [0.15, 0.2) is 0 Å². The van der Waals surface area contributed by atoms with Gasteiger partial charge in [-0.25, -0.2) is 0 Å². The number of nitriles is 1. The summed E-state index contributed by atoms with van der Waals surface area (Å²) < 4.78 is 0. The normalized spacial score (nSPS) is 46.6. The second-order valence-corrected chi connectivity index (χ2v) is 3.69. The molecule has 0 amide bonds. The zero-order valence-electron chi connectivity index (χ0n) is 6.96. The Morgan fingerprint density at radius 2 is 2.08 bits per heavy atom. The molecule has 4 unspecified atom stereocenters. The van der Waals surface area contributed by atoms with Gasteiger partial charge in [0.25, 0.3) is 0 Å². The fourth-order valence-corrected chi connectivity index (χ4v) is 2.17. The largest absolute Gasteiger partial charge is 0.302 e. The number of piperidine rings is 1. The molecule has 2 fully saturated rings. The van der Waals surface area contributed by atoms with Gasteiger partial charge in [-0.05, 0) is 6.54 Å². The summed E-state index contributed by atoms with van der Waals surface area (Å²) in [6.07, 6.45) is 1.30. The highest BCUT2D eigenvalue weighted by Crippen LogP contribution is 2.31. The van der Waals surface area contributed by atoms with Gasteiger partial charge < -0.3 is 10.6 Å². The summed E-state index contributed by atoms with van der Waals surface area (Å²) in [7, 11) is 5.81. The smallest absolute Gasteiger partial charge is 0.0716 e. The first-order valence-electron chi connectivity index (χ1n) is 4.43. The predicted octanol–water partition coefficient (Wildman–Crippen LogP) is -0.378. The van der Waals surface area contributed by atoms with Crippen LogP contribution in [-0.4, -0.2) is 27.1 Å². The Hall–Kier alpha value is -0.525. The highest BCUT2D eigenvalue weighted by molar-refractivity contribution is 6.11. The van der Waals surface area contributed by atoms with Crippen LogP contribution in [0.1, 0.15) is 6.42 Å². The number of hydrogen-bond acceptors (Lipinski definition) is 3. The molecule has 3 nitrogen and oxygen atoms in total. The maximum absolute atomic E-state index is 8.83. The van der Waals surface area contributed by atoms with Gasteiger partial charge >= 0.3 is 0 Å². The zero-order chi connectivity index (χ0) is 8.55. The lowest BCUT2D eigenvalue weighted by atomic mass is 9.74. The van der Waals surface area contributed by atoms with Crippen LogP contribution in [0.3, 0.4) is 0 Å². The number of rotatable bonds is 0. The van der Waals surface area contributed by atoms with Gasteiger partial charge in [-0.3, -0.25) is 0 Å². The molecule has 12 heavy (non-hydrogen) atoms. The van der Waals surface area contributed by atoms with Gasteiger partial charge in [-0.1, -0.05) is 12.2 Å². The molecule has 0 saturated carbocycles. The zero-order valence-corrected chi connectivity index (χ0v) is 6.96. The van der Waals surface area contributed by atoms with E-state index in [-0.39, 0.29) is 11.7 Å². The van der Waals surface area contributed by atoms with Crippen molar-refractivity contribution in [2.24, 2.45) is 11.8 Å². The van der Waals surface area contributed by atoms with Crippen molar-refractivity contribution in [1.82, 2.24) is 10.6 Å². The van der Waals surface area contributed by atoms with Crippen molar-refractivity contribution in [3.8, 4) is 6.07 Å². The molecule has 0 aromatic rings. The van der Waals surface area contributed by atoms with Crippen molar-refractivity contribution in [3.63, 3.8) is 0 Å². The molecular weight excluding hydrogens is 149 g/mol. The van der Waals surface area contributed by atoms with Gasteiger partial charge in [0.05, 0.1) is 26.0 Å². The first-order valence-corrected chi connectivity index (χ1v) is 4.43. The summed E-state index contributed by atoms with van der Waals surface area (Å²) in [4.78, 5) is 0. The van der Waals surface area contributed by atoms with Crippen molar-refractivity contribution >= 4 is 7.85 Å². The molecule has 2 radical (unpaired) electrons. The molecule has 0 bridgehead atoms. The van der Waals surface area contributed by atoms with Gasteiger partial charge in [-0.2, -0.15) is 5.26 Å². The maximum Gasteiger partial charge on any atom is 0.0716 e. The minimum Gasteiger partial charge on any atom is -0.302 e. The van der Waals surface area contributed by atoms with Crippen molar-refractivity contribution in [2.75, 3.05) is 13.1 Å². The molecule has 2 saturated heterocycles. The molecule has 0 aliphatic carbocycles. The van der Waals surface area contributed by atoms with E-state index in [0.29, 0.717) is 12.1 Å². The topological polar surface area (TPSA) is 47.8 Å².